The highest BCUT2D eigenvalue weighted by atomic mass is 16.1. The Morgan fingerprint density at radius 2 is 2.05 bits per heavy atom. The van der Waals surface area contributed by atoms with Gasteiger partial charge in [-0.15, -0.1) is 0 Å². The van der Waals surface area contributed by atoms with Gasteiger partial charge >= 0.3 is 5.69 Å². The van der Waals surface area contributed by atoms with E-state index in [-0.39, 0.29) is 11.6 Å². The number of fused-ring (bicyclic) bond motifs is 1. The molecule has 3 aromatic rings. The van der Waals surface area contributed by atoms with Crippen molar-refractivity contribution in [2.45, 2.75) is 19.8 Å². The lowest BCUT2D eigenvalue weighted by molar-refractivity contribution is 0.686. The molecule has 0 aliphatic rings. The van der Waals surface area contributed by atoms with Crippen LogP contribution in [0.5, 0.6) is 0 Å². The van der Waals surface area contributed by atoms with Crippen LogP contribution < -0.4 is 5.69 Å². The Bertz CT molecular complexity index is 829. The van der Waals surface area contributed by atoms with E-state index in [4.69, 9.17) is 0 Å². The molecule has 5 heteroatoms. The molecule has 2 aromatic heterocycles. The Kier molecular flexibility index (Phi) is 2.89. The van der Waals surface area contributed by atoms with E-state index in [1.54, 1.807) is 17.8 Å². The van der Waals surface area contributed by atoms with Crippen LogP contribution in [0.4, 0.5) is 0 Å². The van der Waals surface area contributed by atoms with Crippen molar-refractivity contribution in [1.29, 1.82) is 0 Å². The van der Waals surface area contributed by atoms with Crippen molar-refractivity contribution < 1.29 is 0 Å². The summed E-state index contributed by atoms with van der Waals surface area (Å²) in [5.74, 6) is 0.270. The molecule has 1 aromatic carbocycles. The summed E-state index contributed by atoms with van der Waals surface area (Å²) in [7, 11) is 1.76. The van der Waals surface area contributed by atoms with Gasteiger partial charge in [0.25, 0.3) is 0 Å². The van der Waals surface area contributed by atoms with Gasteiger partial charge < -0.3 is 0 Å². The van der Waals surface area contributed by atoms with Gasteiger partial charge in [-0.1, -0.05) is 19.9 Å². The Balaban J connectivity index is 2.20. The van der Waals surface area contributed by atoms with Crippen molar-refractivity contribution in [1.82, 2.24) is 19.7 Å². The van der Waals surface area contributed by atoms with Crippen molar-refractivity contribution in [3.05, 3.63) is 46.6 Å². The Morgan fingerprint density at radius 3 is 2.80 bits per heavy atom. The molecule has 1 N–H and O–H groups in total. The lowest BCUT2D eigenvalue weighted by Gasteiger charge is -2.12. The van der Waals surface area contributed by atoms with Crippen molar-refractivity contribution in [2.24, 2.45) is 7.05 Å². The molecular formula is C15H16N4O. The molecule has 5 nitrogen and oxygen atoms in total. The van der Waals surface area contributed by atoms with Crippen molar-refractivity contribution in [3.8, 4) is 11.3 Å². The van der Waals surface area contributed by atoms with Gasteiger partial charge in [-0.3, -0.25) is 9.67 Å². The maximum Gasteiger partial charge on any atom is 0.348 e. The second kappa shape index (κ2) is 4.59. The molecule has 0 amide bonds. The third kappa shape index (κ3) is 2.01. The average Bonchev–Trinajstić information content (AvgIpc) is 2.88. The molecule has 3 rings (SSSR count). The van der Waals surface area contributed by atoms with Gasteiger partial charge in [-0.25, -0.2) is 4.79 Å². The summed E-state index contributed by atoms with van der Waals surface area (Å²) >= 11 is 0. The van der Waals surface area contributed by atoms with E-state index in [9.17, 15) is 4.79 Å². The van der Waals surface area contributed by atoms with Crippen LogP contribution in [-0.4, -0.2) is 19.7 Å². The van der Waals surface area contributed by atoms with Crippen LogP contribution in [0.15, 0.2) is 35.3 Å². The third-order valence-corrected chi connectivity index (χ3v) is 3.50. The number of rotatable bonds is 2. The molecule has 0 saturated heterocycles. The minimum absolute atomic E-state index is 0.224. The molecule has 0 fully saturated rings. The van der Waals surface area contributed by atoms with Crippen molar-refractivity contribution in [3.63, 3.8) is 0 Å². The highest BCUT2D eigenvalue weighted by Gasteiger charge is 2.10. The number of hydrogen-bond donors (Lipinski definition) is 1. The van der Waals surface area contributed by atoms with Gasteiger partial charge in [0.1, 0.15) is 0 Å². The van der Waals surface area contributed by atoms with E-state index in [1.165, 1.54) is 0 Å². The number of nitrogens with one attached hydrogen (secondary N) is 1. The molecule has 20 heavy (non-hydrogen) atoms. The van der Waals surface area contributed by atoms with Gasteiger partial charge in [0.05, 0.1) is 17.4 Å². The number of hydrogen-bond acceptors (Lipinski definition) is 3. The molecule has 0 spiro atoms. The fourth-order valence-electron chi connectivity index (χ4n) is 2.36. The Hall–Kier alpha value is -2.43. The first-order chi connectivity index (χ1) is 9.56. The molecule has 2 heterocycles. The summed E-state index contributed by atoms with van der Waals surface area (Å²) in [6.45, 7) is 4.13. The molecular weight excluding hydrogens is 252 g/mol. The van der Waals surface area contributed by atoms with Crippen molar-refractivity contribution >= 4 is 10.9 Å². The summed E-state index contributed by atoms with van der Waals surface area (Å²) in [5, 5.41) is 7.92. The normalized spacial score (nSPS) is 11.4. The van der Waals surface area contributed by atoms with E-state index < -0.39 is 0 Å². The first kappa shape index (κ1) is 12.6. The summed E-state index contributed by atoms with van der Waals surface area (Å²) in [5.41, 5.74) is 3.37. The maximum absolute atomic E-state index is 12.0. The van der Waals surface area contributed by atoms with E-state index in [0.29, 0.717) is 5.69 Å². The topological polar surface area (TPSA) is 63.6 Å². The van der Waals surface area contributed by atoms with Crippen LogP contribution in [0.2, 0.25) is 0 Å². The maximum atomic E-state index is 12.0. The number of benzene rings is 1. The smallest absolute Gasteiger partial charge is 0.299 e. The van der Waals surface area contributed by atoms with Crippen LogP contribution in [0.25, 0.3) is 22.2 Å². The van der Waals surface area contributed by atoms with Crippen LogP contribution >= 0.6 is 0 Å². The number of aromatic amines is 1. The highest BCUT2D eigenvalue weighted by Crippen LogP contribution is 2.23. The minimum atomic E-state index is -0.224. The monoisotopic (exact) mass is 268 g/mol. The van der Waals surface area contributed by atoms with Gasteiger partial charge in [0.15, 0.2) is 0 Å². The molecule has 0 saturated carbocycles. The molecule has 0 radical (unpaired) electrons. The predicted molar refractivity (Wildman–Crippen MR) is 78.7 cm³/mol. The minimum Gasteiger partial charge on any atom is -0.299 e. The molecule has 0 bridgehead atoms. The van der Waals surface area contributed by atoms with Gasteiger partial charge in [0.2, 0.25) is 0 Å². The lowest BCUT2D eigenvalue weighted by atomic mass is 10.0. The fraction of sp³-hybridized carbons (Fsp3) is 0.267. The zero-order valence-corrected chi connectivity index (χ0v) is 11.7. The SMILES string of the molecule is CC(C)c1cc(-c2ccc3[nH]ncc3c2)nc(=O)n1C. The van der Waals surface area contributed by atoms with Crippen molar-refractivity contribution in [2.75, 3.05) is 0 Å². The first-order valence-corrected chi connectivity index (χ1v) is 6.58. The summed E-state index contributed by atoms with van der Waals surface area (Å²) in [6, 6.07) is 7.87. The van der Waals surface area contributed by atoms with Gasteiger partial charge in [0, 0.05) is 23.7 Å². The predicted octanol–water partition coefficient (Wildman–Crippen LogP) is 2.45. The largest absolute Gasteiger partial charge is 0.348 e. The molecule has 0 aliphatic heterocycles. The van der Waals surface area contributed by atoms with Crippen LogP contribution in [0.3, 0.4) is 0 Å². The van der Waals surface area contributed by atoms with Gasteiger partial charge in [-0.2, -0.15) is 10.1 Å². The summed E-state index contributed by atoms with van der Waals surface area (Å²) < 4.78 is 1.60. The molecule has 0 aliphatic carbocycles. The van der Waals surface area contributed by atoms with Crippen LogP contribution in [0, 0.1) is 0 Å². The van der Waals surface area contributed by atoms with Crippen LogP contribution in [-0.2, 0) is 7.05 Å². The molecule has 0 atom stereocenters. The second-order valence-corrected chi connectivity index (χ2v) is 5.23. The number of H-pyrrole nitrogens is 1. The van der Waals surface area contributed by atoms with Gasteiger partial charge in [-0.05, 0) is 24.1 Å². The average molecular weight is 268 g/mol. The third-order valence-electron chi connectivity index (χ3n) is 3.50. The quantitative estimate of drug-likeness (QED) is 0.776. The fourth-order valence-corrected chi connectivity index (χ4v) is 2.36. The second-order valence-electron chi connectivity index (χ2n) is 5.23. The van der Waals surface area contributed by atoms with E-state index in [1.807, 2.05) is 24.3 Å². The highest BCUT2D eigenvalue weighted by molar-refractivity contribution is 5.83. The Morgan fingerprint density at radius 1 is 1.25 bits per heavy atom. The molecule has 102 valence electrons. The zero-order valence-electron chi connectivity index (χ0n) is 11.7. The standard InChI is InChI=1S/C15H16N4O/c1-9(2)14-7-13(17-15(20)19(14)3)10-4-5-12-11(6-10)8-16-18-12/h4-9H,1-3H3,(H,16,18). The summed E-state index contributed by atoms with van der Waals surface area (Å²) in [6.07, 6.45) is 1.77. The first-order valence-electron chi connectivity index (χ1n) is 6.58. The number of aromatic nitrogens is 4. The van der Waals surface area contributed by atoms with E-state index in [0.717, 1.165) is 22.2 Å². The number of nitrogens with zero attached hydrogens (tertiary/aromatic N) is 3. The van der Waals surface area contributed by atoms with E-state index >= 15 is 0 Å². The Labute approximate surface area is 116 Å². The molecule has 0 unspecified atom stereocenters. The zero-order chi connectivity index (χ0) is 14.3. The summed E-state index contributed by atoms with van der Waals surface area (Å²) in [4.78, 5) is 16.1. The van der Waals surface area contributed by atoms with E-state index in [2.05, 4.69) is 29.0 Å². The lowest BCUT2D eigenvalue weighted by Crippen LogP contribution is -2.24. The van der Waals surface area contributed by atoms with Crippen LogP contribution in [0.1, 0.15) is 25.5 Å².